The van der Waals surface area contributed by atoms with Gasteiger partial charge in [-0.3, -0.25) is 9.13 Å². The average Bonchev–Trinajstić information content (AvgIpc) is 3.02. The SMILES string of the molecule is [C-]#[N+]c1ccccc1Cn1c(=O)n(C)c2nc3ccccc3c(N3CCC[C@@H](N)C3)c21. The Hall–Kier alpha value is -3.63. The number of aromatic nitrogens is 3. The standard InChI is InChI=1S/C24H24N6O/c1-26-19-11-5-3-8-16(19)14-30-22-21(29-13-7-9-17(25)15-29)18-10-4-6-12-20(18)27-23(22)28(2)24(30)31/h3-6,8,10-12,17H,7,9,13-15,25H2,2H3/t17-/m1/s1. The lowest BCUT2D eigenvalue weighted by Gasteiger charge is -2.34. The van der Waals surface area contributed by atoms with Crippen LogP contribution in [0, 0.1) is 6.57 Å². The molecule has 2 aromatic heterocycles. The number of aryl methyl sites for hydroxylation is 1. The summed E-state index contributed by atoms with van der Waals surface area (Å²) in [5.41, 5.74) is 10.9. The van der Waals surface area contributed by atoms with E-state index in [-0.39, 0.29) is 11.7 Å². The van der Waals surface area contributed by atoms with Gasteiger partial charge in [0.05, 0.1) is 17.8 Å². The number of benzene rings is 2. The van der Waals surface area contributed by atoms with E-state index < -0.39 is 0 Å². The first-order chi connectivity index (χ1) is 15.1. The van der Waals surface area contributed by atoms with Crippen molar-refractivity contribution in [3.05, 3.63) is 76.0 Å². The predicted octanol–water partition coefficient (Wildman–Crippen LogP) is 3.41. The van der Waals surface area contributed by atoms with Crippen LogP contribution in [0.5, 0.6) is 0 Å². The summed E-state index contributed by atoms with van der Waals surface area (Å²) in [7, 11) is 1.76. The van der Waals surface area contributed by atoms with Crippen molar-refractivity contribution >= 4 is 33.4 Å². The van der Waals surface area contributed by atoms with Gasteiger partial charge in [0.1, 0.15) is 5.52 Å². The van der Waals surface area contributed by atoms with Gasteiger partial charge < -0.3 is 10.6 Å². The second kappa shape index (κ2) is 7.56. The molecule has 156 valence electrons. The summed E-state index contributed by atoms with van der Waals surface area (Å²) in [6.07, 6.45) is 2.01. The summed E-state index contributed by atoms with van der Waals surface area (Å²) in [6, 6.07) is 15.6. The number of nitrogens with two attached hydrogens (primary N) is 1. The molecule has 31 heavy (non-hydrogen) atoms. The molecule has 5 rings (SSSR count). The smallest absolute Gasteiger partial charge is 0.330 e. The molecule has 4 aromatic rings. The van der Waals surface area contributed by atoms with Crippen LogP contribution in [0.15, 0.2) is 53.3 Å². The summed E-state index contributed by atoms with van der Waals surface area (Å²) in [4.78, 5) is 24.1. The zero-order valence-electron chi connectivity index (χ0n) is 17.5. The predicted molar refractivity (Wildman–Crippen MR) is 124 cm³/mol. The Morgan fingerprint density at radius 2 is 1.97 bits per heavy atom. The monoisotopic (exact) mass is 412 g/mol. The molecular weight excluding hydrogens is 388 g/mol. The zero-order valence-corrected chi connectivity index (χ0v) is 17.5. The Morgan fingerprint density at radius 3 is 2.77 bits per heavy atom. The van der Waals surface area contributed by atoms with E-state index in [0.29, 0.717) is 17.9 Å². The fraction of sp³-hybridized carbons (Fsp3) is 0.292. The number of hydrogen-bond acceptors (Lipinski definition) is 4. The molecule has 0 unspecified atom stereocenters. The summed E-state index contributed by atoms with van der Waals surface area (Å²) in [5.74, 6) is 0. The van der Waals surface area contributed by atoms with Gasteiger partial charge in [0.2, 0.25) is 0 Å². The van der Waals surface area contributed by atoms with Gasteiger partial charge in [-0.05, 0) is 24.5 Å². The van der Waals surface area contributed by atoms with Crippen LogP contribution >= 0.6 is 0 Å². The highest BCUT2D eigenvalue weighted by molar-refractivity contribution is 6.05. The second-order valence-corrected chi connectivity index (χ2v) is 8.17. The minimum atomic E-state index is -0.139. The van der Waals surface area contributed by atoms with Crippen molar-refractivity contribution in [2.75, 3.05) is 18.0 Å². The largest absolute Gasteiger partial charge is 0.368 e. The quantitative estimate of drug-likeness (QED) is 0.524. The molecule has 2 aromatic carbocycles. The molecule has 1 aliphatic rings. The third-order valence-electron chi connectivity index (χ3n) is 6.14. The van der Waals surface area contributed by atoms with E-state index in [1.807, 2.05) is 36.4 Å². The van der Waals surface area contributed by atoms with E-state index in [1.54, 1.807) is 22.2 Å². The first-order valence-corrected chi connectivity index (χ1v) is 10.5. The lowest BCUT2D eigenvalue weighted by molar-refractivity contribution is 0.507. The fourth-order valence-corrected chi connectivity index (χ4v) is 4.63. The van der Waals surface area contributed by atoms with Crippen LogP contribution in [0.25, 0.3) is 26.9 Å². The number of hydrogen-bond donors (Lipinski definition) is 1. The number of pyridine rings is 1. The Bertz CT molecular complexity index is 1390. The lowest BCUT2D eigenvalue weighted by atomic mass is 10.0. The van der Waals surface area contributed by atoms with E-state index in [0.717, 1.165) is 53.6 Å². The topological polar surface area (TPSA) is 73.4 Å². The normalized spacial score (nSPS) is 16.7. The number of nitrogens with zero attached hydrogens (tertiary/aromatic N) is 5. The van der Waals surface area contributed by atoms with Gasteiger partial charge in [0.15, 0.2) is 11.3 Å². The molecule has 0 spiro atoms. The molecule has 1 atom stereocenters. The Labute approximate surface area is 180 Å². The fourth-order valence-electron chi connectivity index (χ4n) is 4.63. The summed E-state index contributed by atoms with van der Waals surface area (Å²) >= 11 is 0. The van der Waals surface area contributed by atoms with Crippen molar-refractivity contribution in [2.24, 2.45) is 12.8 Å². The van der Waals surface area contributed by atoms with E-state index in [2.05, 4.69) is 15.8 Å². The molecule has 0 aliphatic carbocycles. The molecule has 0 saturated carbocycles. The summed E-state index contributed by atoms with van der Waals surface area (Å²) in [6.45, 7) is 9.45. The van der Waals surface area contributed by atoms with E-state index in [4.69, 9.17) is 17.3 Å². The zero-order chi connectivity index (χ0) is 21.5. The first kappa shape index (κ1) is 19.3. The average molecular weight is 412 g/mol. The van der Waals surface area contributed by atoms with Gasteiger partial charge in [-0.2, -0.15) is 0 Å². The van der Waals surface area contributed by atoms with Crippen LogP contribution in [0.2, 0.25) is 0 Å². The van der Waals surface area contributed by atoms with Crippen molar-refractivity contribution in [1.29, 1.82) is 0 Å². The minimum absolute atomic E-state index is 0.0995. The number of para-hydroxylation sites is 2. The number of piperidine rings is 1. The molecule has 2 N–H and O–H groups in total. The maximum atomic E-state index is 13.3. The van der Waals surface area contributed by atoms with Gasteiger partial charge in [0.25, 0.3) is 0 Å². The van der Waals surface area contributed by atoms with E-state index in [9.17, 15) is 4.79 Å². The van der Waals surface area contributed by atoms with Crippen LogP contribution in [-0.4, -0.2) is 33.2 Å². The maximum Gasteiger partial charge on any atom is 0.330 e. The Balaban J connectivity index is 1.82. The van der Waals surface area contributed by atoms with Crippen molar-refractivity contribution in [3.8, 4) is 0 Å². The van der Waals surface area contributed by atoms with Crippen molar-refractivity contribution in [1.82, 2.24) is 14.1 Å². The number of fused-ring (bicyclic) bond motifs is 2. The van der Waals surface area contributed by atoms with Crippen molar-refractivity contribution < 1.29 is 0 Å². The molecule has 0 amide bonds. The Kier molecular flexibility index (Phi) is 4.72. The summed E-state index contributed by atoms with van der Waals surface area (Å²) < 4.78 is 3.36. The van der Waals surface area contributed by atoms with Crippen LogP contribution in [0.1, 0.15) is 18.4 Å². The second-order valence-electron chi connectivity index (χ2n) is 8.17. The molecule has 7 heteroatoms. The van der Waals surface area contributed by atoms with Gasteiger partial charge >= 0.3 is 5.69 Å². The van der Waals surface area contributed by atoms with E-state index >= 15 is 0 Å². The third-order valence-corrected chi connectivity index (χ3v) is 6.14. The molecular formula is C24H24N6O. The molecule has 1 aliphatic heterocycles. The highest BCUT2D eigenvalue weighted by Gasteiger charge is 2.26. The molecule has 0 bridgehead atoms. The molecule has 3 heterocycles. The highest BCUT2D eigenvalue weighted by Crippen LogP contribution is 2.35. The molecule has 7 nitrogen and oxygen atoms in total. The number of imidazole rings is 1. The van der Waals surface area contributed by atoms with E-state index in [1.165, 1.54) is 0 Å². The van der Waals surface area contributed by atoms with Crippen molar-refractivity contribution in [2.45, 2.75) is 25.4 Å². The molecule has 1 saturated heterocycles. The van der Waals surface area contributed by atoms with Gasteiger partial charge in [-0.15, -0.1) is 0 Å². The molecule has 0 radical (unpaired) electrons. The van der Waals surface area contributed by atoms with Crippen LogP contribution in [0.3, 0.4) is 0 Å². The summed E-state index contributed by atoms with van der Waals surface area (Å²) in [5, 5.41) is 1.02. The molecule has 1 fully saturated rings. The van der Waals surface area contributed by atoms with Gasteiger partial charge in [0, 0.05) is 38.1 Å². The van der Waals surface area contributed by atoms with Crippen molar-refractivity contribution in [3.63, 3.8) is 0 Å². The minimum Gasteiger partial charge on any atom is -0.368 e. The third kappa shape index (κ3) is 3.16. The van der Waals surface area contributed by atoms with Gasteiger partial charge in [-0.25, -0.2) is 14.6 Å². The van der Waals surface area contributed by atoms with Gasteiger partial charge in [-0.1, -0.05) is 42.5 Å². The van der Waals surface area contributed by atoms with Crippen LogP contribution < -0.4 is 16.3 Å². The first-order valence-electron chi connectivity index (χ1n) is 10.5. The number of anilines is 1. The highest BCUT2D eigenvalue weighted by atomic mass is 16.1. The van der Waals surface area contributed by atoms with Crippen LogP contribution in [-0.2, 0) is 13.6 Å². The number of rotatable bonds is 3. The Morgan fingerprint density at radius 1 is 1.19 bits per heavy atom. The van der Waals surface area contributed by atoms with Crippen LogP contribution in [0.4, 0.5) is 11.4 Å². The lowest BCUT2D eigenvalue weighted by Crippen LogP contribution is -2.43. The maximum absolute atomic E-state index is 13.3.